The van der Waals surface area contributed by atoms with E-state index in [2.05, 4.69) is 15.4 Å². The number of amides is 2. The average Bonchev–Trinajstić information content (AvgIpc) is 3.56. The lowest BCUT2D eigenvalue weighted by atomic mass is 9.97. The van der Waals surface area contributed by atoms with Crippen molar-refractivity contribution in [3.05, 3.63) is 82.3 Å². The number of likely N-dealkylation sites (tertiary alicyclic amines) is 1. The summed E-state index contributed by atoms with van der Waals surface area (Å²) in [6, 6.07) is 19.0. The average molecular weight is 530 g/mol. The van der Waals surface area contributed by atoms with Crippen LogP contribution in [0.2, 0.25) is 0 Å². The van der Waals surface area contributed by atoms with Crippen LogP contribution in [-0.4, -0.2) is 50.7 Å². The summed E-state index contributed by atoms with van der Waals surface area (Å²) in [6.45, 7) is 5.27. The molecule has 0 unspecified atom stereocenters. The number of rotatable bonds is 7. The monoisotopic (exact) mass is 529 g/mol. The number of aromatic nitrogens is 3. The molecule has 5 rings (SSSR count). The Bertz CT molecular complexity index is 1400. The van der Waals surface area contributed by atoms with Gasteiger partial charge in [-0.15, -0.1) is 11.3 Å². The van der Waals surface area contributed by atoms with E-state index in [1.165, 1.54) is 11.3 Å². The first-order valence-electron chi connectivity index (χ1n) is 12.8. The molecular formula is C29H31N5O3S. The third kappa shape index (κ3) is 5.78. The molecule has 1 fully saturated rings. The Morgan fingerprint density at radius 2 is 1.76 bits per heavy atom. The molecule has 196 valence electrons. The van der Waals surface area contributed by atoms with Gasteiger partial charge in [-0.1, -0.05) is 30.3 Å². The van der Waals surface area contributed by atoms with Gasteiger partial charge in [0.15, 0.2) is 0 Å². The highest BCUT2D eigenvalue weighted by Crippen LogP contribution is 2.31. The van der Waals surface area contributed by atoms with Gasteiger partial charge in [0.25, 0.3) is 11.8 Å². The second-order valence-corrected chi connectivity index (χ2v) is 10.6. The molecule has 0 spiro atoms. The number of piperidine rings is 1. The number of hydrogen-bond donors (Lipinski definition) is 1. The molecule has 1 aliphatic rings. The van der Waals surface area contributed by atoms with Crippen LogP contribution in [-0.2, 0) is 7.05 Å². The molecule has 0 saturated carbocycles. The third-order valence-corrected chi connectivity index (χ3v) is 7.56. The topological polar surface area (TPSA) is 89.3 Å². The lowest BCUT2D eigenvalue weighted by Crippen LogP contribution is -2.37. The van der Waals surface area contributed by atoms with Gasteiger partial charge in [0.1, 0.15) is 17.3 Å². The van der Waals surface area contributed by atoms with Crippen LogP contribution < -0.4 is 10.1 Å². The maximum atomic E-state index is 13.0. The van der Waals surface area contributed by atoms with Gasteiger partial charge in [0.2, 0.25) is 0 Å². The van der Waals surface area contributed by atoms with E-state index in [9.17, 15) is 9.59 Å². The maximum Gasteiger partial charge on any atom is 0.276 e. The summed E-state index contributed by atoms with van der Waals surface area (Å²) in [5.41, 5.74) is 2.85. The molecule has 0 radical (unpaired) electrons. The van der Waals surface area contributed by atoms with Crippen LogP contribution in [0.25, 0.3) is 11.3 Å². The minimum atomic E-state index is -0.257. The molecule has 0 atom stereocenters. The van der Waals surface area contributed by atoms with Crippen LogP contribution in [0.15, 0.2) is 66.0 Å². The molecule has 2 aromatic heterocycles. The molecule has 0 aliphatic carbocycles. The number of hydrogen-bond acceptors (Lipinski definition) is 6. The quantitative estimate of drug-likeness (QED) is 0.337. The van der Waals surface area contributed by atoms with Gasteiger partial charge in [0.05, 0.1) is 16.8 Å². The van der Waals surface area contributed by atoms with E-state index in [1.807, 2.05) is 79.4 Å². The summed E-state index contributed by atoms with van der Waals surface area (Å²) in [6.07, 6.45) is 1.73. The Morgan fingerprint density at radius 1 is 1.05 bits per heavy atom. The number of aryl methyl sites for hydroxylation is 1. The van der Waals surface area contributed by atoms with Crippen molar-refractivity contribution >= 4 is 29.0 Å². The molecule has 2 aromatic carbocycles. The van der Waals surface area contributed by atoms with Crippen molar-refractivity contribution < 1.29 is 14.3 Å². The summed E-state index contributed by atoms with van der Waals surface area (Å²) < 4.78 is 7.33. The third-order valence-electron chi connectivity index (χ3n) is 6.55. The molecule has 9 heteroatoms. The lowest BCUT2D eigenvalue weighted by molar-refractivity contribution is 0.0713. The summed E-state index contributed by atoms with van der Waals surface area (Å²) >= 11 is 1.50. The number of carbonyl (C=O) groups excluding carboxylic acids is 2. The highest BCUT2D eigenvalue weighted by molar-refractivity contribution is 7.10. The lowest BCUT2D eigenvalue weighted by Gasteiger charge is -2.31. The van der Waals surface area contributed by atoms with Crippen LogP contribution >= 0.6 is 11.3 Å². The number of carbonyl (C=O) groups is 2. The predicted octanol–water partition coefficient (Wildman–Crippen LogP) is 5.60. The van der Waals surface area contributed by atoms with Crippen molar-refractivity contribution in [3.63, 3.8) is 0 Å². The molecule has 4 aromatic rings. The second-order valence-electron chi connectivity index (χ2n) is 9.69. The molecule has 1 saturated heterocycles. The fourth-order valence-electron chi connectivity index (χ4n) is 4.55. The number of nitrogens with one attached hydrogen (secondary N) is 1. The van der Waals surface area contributed by atoms with Crippen LogP contribution in [0.3, 0.4) is 0 Å². The Kier molecular flexibility index (Phi) is 7.55. The first-order chi connectivity index (χ1) is 18.4. The van der Waals surface area contributed by atoms with Crippen molar-refractivity contribution in [3.8, 4) is 17.0 Å². The van der Waals surface area contributed by atoms with Gasteiger partial charge >= 0.3 is 0 Å². The second kappa shape index (κ2) is 11.2. The molecule has 38 heavy (non-hydrogen) atoms. The van der Waals surface area contributed by atoms with Gasteiger partial charge < -0.3 is 15.0 Å². The number of ether oxygens (including phenoxy) is 1. The van der Waals surface area contributed by atoms with E-state index in [1.54, 1.807) is 17.1 Å². The van der Waals surface area contributed by atoms with Gasteiger partial charge in [-0.25, -0.2) is 4.98 Å². The number of anilines is 1. The zero-order valence-corrected chi connectivity index (χ0v) is 22.6. The van der Waals surface area contributed by atoms with Crippen molar-refractivity contribution in [2.45, 2.75) is 38.7 Å². The van der Waals surface area contributed by atoms with Gasteiger partial charge in [-0.05, 0) is 51.0 Å². The molecule has 1 aliphatic heterocycles. The maximum absolute atomic E-state index is 13.0. The molecule has 0 bridgehead atoms. The van der Waals surface area contributed by atoms with Crippen LogP contribution in [0.4, 0.5) is 5.82 Å². The zero-order valence-electron chi connectivity index (χ0n) is 21.8. The summed E-state index contributed by atoms with van der Waals surface area (Å²) in [4.78, 5) is 32.4. The number of benzene rings is 2. The van der Waals surface area contributed by atoms with E-state index in [4.69, 9.17) is 4.74 Å². The van der Waals surface area contributed by atoms with Gasteiger partial charge in [0, 0.05) is 48.6 Å². The van der Waals surface area contributed by atoms with Gasteiger partial charge in [-0.3, -0.25) is 14.3 Å². The standard InChI is InChI=1S/C29H31N5O3S/c1-19(2)37-23-11-9-22(10-12-23)29(36)34-15-13-21(14-16-34)28-30-25(18-38-28)27(35)31-26-17-24(32-33(26)3)20-7-5-4-6-8-20/h4-12,17-19,21H,13-16H2,1-3H3,(H,31,35). The minimum Gasteiger partial charge on any atom is -0.491 e. The number of nitrogens with zero attached hydrogens (tertiary/aromatic N) is 4. The van der Waals surface area contributed by atoms with Crippen LogP contribution in [0.1, 0.15) is 58.5 Å². The SMILES string of the molecule is CC(C)Oc1ccc(C(=O)N2CCC(c3nc(C(=O)Nc4cc(-c5ccccc5)nn4C)cs3)CC2)cc1. The van der Waals surface area contributed by atoms with Crippen molar-refractivity contribution in [2.75, 3.05) is 18.4 Å². The van der Waals surface area contributed by atoms with Crippen molar-refractivity contribution in [2.24, 2.45) is 7.05 Å². The number of thiazole rings is 1. The van der Waals surface area contributed by atoms with Crippen molar-refractivity contribution in [1.82, 2.24) is 19.7 Å². The summed E-state index contributed by atoms with van der Waals surface area (Å²) in [5.74, 6) is 1.38. The van der Waals surface area contributed by atoms with Crippen molar-refractivity contribution in [1.29, 1.82) is 0 Å². The normalized spacial score (nSPS) is 14.1. The fourth-order valence-corrected chi connectivity index (χ4v) is 5.53. The minimum absolute atomic E-state index is 0.0322. The molecule has 3 heterocycles. The Labute approximate surface area is 226 Å². The highest BCUT2D eigenvalue weighted by Gasteiger charge is 2.27. The summed E-state index contributed by atoms with van der Waals surface area (Å²) in [7, 11) is 1.80. The van der Waals surface area contributed by atoms with E-state index in [0.29, 0.717) is 30.2 Å². The highest BCUT2D eigenvalue weighted by atomic mass is 32.1. The molecule has 1 N–H and O–H groups in total. The predicted molar refractivity (Wildman–Crippen MR) is 149 cm³/mol. The van der Waals surface area contributed by atoms with E-state index < -0.39 is 0 Å². The largest absolute Gasteiger partial charge is 0.491 e. The fraction of sp³-hybridized carbons (Fsp3) is 0.310. The van der Waals surface area contributed by atoms with E-state index in [0.717, 1.165) is 34.9 Å². The molecular weight excluding hydrogens is 498 g/mol. The van der Waals surface area contributed by atoms with E-state index in [-0.39, 0.29) is 23.8 Å². The first-order valence-corrected chi connectivity index (χ1v) is 13.7. The molecule has 2 amide bonds. The zero-order chi connectivity index (χ0) is 26.6. The Hall–Kier alpha value is -3.98. The molecule has 8 nitrogen and oxygen atoms in total. The Morgan fingerprint density at radius 3 is 2.45 bits per heavy atom. The summed E-state index contributed by atoms with van der Waals surface area (Å²) in [5, 5.41) is 10.2. The first kappa shape index (κ1) is 25.7. The van der Waals surface area contributed by atoms with Crippen LogP contribution in [0.5, 0.6) is 5.75 Å². The van der Waals surface area contributed by atoms with Gasteiger partial charge in [-0.2, -0.15) is 5.10 Å². The Balaban J connectivity index is 1.17. The smallest absolute Gasteiger partial charge is 0.276 e. The van der Waals surface area contributed by atoms with E-state index >= 15 is 0 Å². The van der Waals surface area contributed by atoms with Crippen LogP contribution in [0, 0.1) is 0 Å².